The lowest BCUT2D eigenvalue weighted by Gasteiger charge is -2.27. The van der Waals surface area contributed by atoms with Crippen molar-refractivity contribution in [1.29, 1.82) is 0 Å². The number of carboxylic acids is 1. The van der Waals surface area contributed by atoms with E-state index in [0.717, 1.165) is 0 Å². The van der Waals surface area contributed by atoms with E-state index in [2.05, 4.69) is 16.0 Å². The van der Waals surface area contributed by atoms with Crippen molar-refractivity contribution in [2.24, 2.45) is 17.6 Å². The molecule has 3 amide bonds. The zero-order valence-corrected chi connectivity index (χ0v) is 14.8. The van der Waals surface area contributed by atoms with Crippen molar-refractivity contribution < 1.29 is 24.3 Å². The number of hydrogen-bond donors (Lipinski definition) is 5. The molecule has 0 aromatic heterocycles. The molecular weight excluding hydrogens is 316 g/mol. The second-order valence-corrected chi connectivity index (χ2v) is 6.36. The van der Waals surface area contributed by atoms with Gasteiger partial charge in [0, 0.05) is 0 Å². The van der Waals surface area contributed by atoms with Gasteiger partial charge in [0.1, 0.15) is 18.6 Å². The van der Waals surface area contributed by atoms with Gasteiger partial charge in [0.05, 0.1) is 6.04 Å². The van der Waals surface area contributed by atoms with Gasteiger partial charge in [-0.2, -0.15) is 0 Å². The molecule has 3 atom stereocenters. The summed E-state index contributed by atoms with van der Waals surface area (Å²) < 4.78 is 0. The van der Waals surface area contributed by atoms with E-state index in [1.807, 2.05) is 0 Å². The fourth-order valence-electron chi connectivity index (χ4n) is 1.87. The molecule has 9 nitrogen and oxygen atoms in total. The first-order valence-electron chi connectivity index (χ1n) is 7.83. The predicted molar refractivity (Wildman–Crippen MR) is 87.8 cm³/mol. The van der Waals surface area contributed by atoms with Gasteiger partial charge in [-0.3, -0.25) is 19.2 Å². The molecule has 9 heteroatoms. The highest BCUT2D eigenvalue weighted by Crippen LogP contribution is 2.07. The molecule has 24 heavy (non-hydrogen) atoms. The van der Waals surface area contributed by atoms with E-state index in [9.17, 15) is 19.2 Å². The summed E-state index contributed by atoms with van der Waals surface area (Å²) in [6.45, 7) is 7.90. The number of amides is 3. The predicted octanol–water partition coefficient (Wildman–Crippen LogP) is -1.18. The maximum atomic E-state index is 12.4. The standard InChI is InChI=1S/C15H28N4O5/c1-7(2)11(14(23)17-6-10(20)21)19-15(24)12(8(3)4)18-13(22)9(5)16/h7-9,11-12H,6,16H2,1-5H3,(H,17,23)(H,18,22)(H,19,24)(H,20,21). The van der Waals surface area contributed by atoms with E-state index >= 15 is 0 Å². The van der Waals surface area contributed by atoms with Gasteiger partial charge in [0.25, 0.3) is 0 Å². The molecule has 0 aromatic carbocycles. The van der Waals surface area contributed by atoms with Gasteiger partial charge < -0.3 is 26.8 Å². The number of carbonyl (C=O) groups is 4. The van der Waals surface area contributed by atoms with Crippen molar-refractivity contribution in [2.75, 3.05) is 6.54 Å². The minimum absolute atomic E-state index is 0.220. The Kier molecular flexibility index (Phi) is 8.97. The monoisotopic (exact) mass is 344 g/mol. The average Bonchev–Trinajstić information content (AvgIpc) is 2.46. The molecule has 0 aliphatic carbocycles. The zero-order chi connectivity index (χ0) is 19.0. The van der Waals surface area contributed by atoms with Gasteiger partial charge in [-0.25, -0.2) is 0 Å². The molecule has 3 unspecified atom stereocenters. The van der Waals surface area contributed by atoms with Crippen molar-refractivity contribution in [3.8, 4) is 0 Å². The highest BCUT2D eigenvalue weighted by molar-refractivity contribution is 5.93. The van der Waals surface area contributed by atoms with E-state index in [4.69, 9.17) is 10.8 Å². The first kappa shape index (κ1) is 21.8. The molecule has 0 spiro atoms. The summed E-state index contributed by atoms with van der Waals surface area (Å²) in [6, 6.07) is -2.53. The average molecular weight is 344 g/mol. The topological polar surface area (TPSA) is 151 Å². The summed E-state index contributed by atoms with van der Waals surface area (Å²) in [7, 11) is 0. The second-order valence-electron chi connectivity index (χ2n) is 6.36. The number of aliphatic carboxylic acids is 1. The van der Waals surface area contributed by atoms with Gasteiger partial charge in [0.2, 0.25) is 17.7 Å². The van der Waals surface area contributed by atoms with Crippen LogP contribution in [0.2, 0.25) is 0 Å². The summed E-state index contributed by atoms with van der Waals surface area (Å²) >= 11 is 0. The molecule has 6 N–H and O–H groups in total. The van der Waals surface area contributed by atoms with Gasteiger partial charge in [-0.05, 0) is 18.8 Å². The summed E-state index contributed by atoms with van der Waals surface area (Å²) in [6.07, 6.45) is 0. The third kappa shape index (κ3) is 7.40. The van der Waals surface area contributed by atoms with E-state index < -0.39 is 48.4 Å². The maximum absolute atomic E-state index is 12.4. The van der Waals surface area contributed by atoms with E-state index in [1.165, 1.54) is 6.92 Å². The molecule has 0 fully saturated rings. The molecule has 0 heterocycles. The lowest BCUT2D eigenvalue weighted by molar-refractivity contribution is -0.139. The Bertz CT molecular complexity index is 476. The minimum atomic E-state index is -1.18. The Morgan fingerprint density at radius 2 is 1.25 bits per heavy atom. The van der Waals surface area contributed by atoms with Crippen LogP contribution in [0.1, 0.15) is 34.6 Å². The molecule has 0 aromatic rings. The molecule has 0 saturated heterocycles. The van der Waals surface area contributed by atoms with Crippen LogP contribution in [0, 0.1) is 11.8 Å². The van der Waals surface area contributed by atoms with Crippen molar-refractivity contribution in [3.05, 3.63) is 0 Å². The molecule has 0 aliphatic rings. The number of nitrogens with two attached hydrogens (primary N) is 1. The van der Waals surface area contributed by atoms with Crippen LogP contribution in [0.25, 0.3) is 0 Å². The quantitative estimate of drug-likeness (QED) is 0.355. The van der Waals surface area contributed by atoms with Crippen LogP contribution >= 0.6 is 0 Å². The highest BCUT2D eigenvalue weighted by Gasteiger charge is 2.30. The summed E-state index contributed by atoms with van der Waals surface area (Å²) in [5.74, 6) is -3.26. The Balaban J connectivity index is 5.03. The molecule has 0 saturated carbocycles. The molecular formula is C15H28N4O5. The summed E-state index contributed by atoms with van der Waals surface area (Å²) in [5.41, 5.74) is 5.49. The number of rotatable bonds is 9. The van der Waals surface area contributed by atoms with E-state index in [1.54, 1.807) is 27.7 Å². The van der Waals surface area contributed by atoms with E-state index in [0.29, 0.717) is 0 Å². The Morgan fingerprint density at radius 3 is 1.62 bits per heavy atom. The van der Waals surface area contributed by atoms with Crippen LogP contribution < -0.4 is 21.7 Å². The van der Waals surface area contributed by atoms with Gasteiger partial charge >= 0.3 is 5.97 Å². The normalized spacial score (nSPS) is 14.7. The van der Waals surface area contributed by atoms with Crippen molar-refractivity contribution >= 4 is 23.7 Å². The second kappa shape index (κ2) is 9.86. The van der Waals surface area contributed by atoms with Crippen LogP contribution in [0.5, 0.6) is 0 Å². The van der Waals surface area contributed by atoms with Crippen LogP contribution in [0.3, 0.4) is 0 Å². The van der Waals surface area contributed by atoms with Crippen LogP contribution in [-0.4, -0.2) is 53.5 Å². The fraction of sp³-hybridized carbons (Fsp3) is 0.733. The van der Waals surface area contributed by atoms with Gasteiger partial charge in [-0.15, -0.1) is 0 Å². The number of carbonyl (C=O) groups excluding carboxylic acids is 3. The molecule has 138 valence electrons. The van der Waals surface area contributed by atoms with Crippen molar-refractivity contribution in [3.63, 3.8) is 0 Å². The van der Waals surface area contributed by atoms with Crippen molar-refractivity contribution in [2.45, 2.75) is 52.7 Å². The Hall–Kier alpha value is -2.16. The highest BCUT2D eigenvalue weighted by atomic mass is 16.4. The smallest absolute Gasteiger partial charge is 0.322 e. The largest absolute Gasteiger partial charge is 0.480 e. The maximum Gasteiger partial charge on any atom is 0.322 e. The van der Waals surface area contributed by atoms with Gasteiger partial charge in [0.15, 0.2) is 0 Å². The van der Waals surface area contributed by atoms with E-state index in [-0.39, 0.29) is 11.8 Å². The summed E-state index contributed by atoms with van der Waals surface area (Å²) in [4.78, 5) is 46.8. The van der Waals surface area contributed by atoms with Crippen molar-refractivity contribution in [1.82, 2.24) is 16.0 Å². The minimum Gasteiger partial charge on any atom is -0.480 e. The summed E-state index contributed by atoms with van der Waals surface area (Å²) in [5, 5.41) is 16.0. The molecule has 0 radical (unpaired) electrons. The van der Waals surface area contributed by atoms with Crippen LogP contribution in [0.4, 0.5) is 0 Å². The third-order valence-electron chi connectivity index (χ3n) is 3.32. The number of nitrogens with one attached hydrogen (secondary N) is 3. The molecule has 0 bridgehead atoms. The van der Waals surface area contributed by atoms with Crippen LogP contribution in [-0.2, 0) is 19.2 Å². The lowest BCUT2D eigenvalue weighted by Crippen LogP contribution is -2.58. The van der Waals surface area contributed by atoms with Crippen LogP contribution in [0.15, 0.2) is 0 Å². The fourth-order valence-corrected chi connectivity index (χ4v) is 1.87. The molecule has 0 aliphatic heterocycles. The Labute approximate surface area is 141 Å². The lowest BCUT2D eigenvalue weighted by atomic mass is 9.99. The Morgan fingerprint density at radius 1 is 0.833 bits per heavy atom. The third-order valence-corrected chi connectivity index (χ3v) is 3.32. The van der Waals surface area contributed by atoms with Gasteiger partial charge in [-0.1, -0.05) is 27.7 Å². The first-order chi connectivity index (χ1) is 11.0. The number of carboxylic acid groups (broad SMARTS) is 1. The number of hydrogen-bond acceptors (Lipinski definition) is 5. The molecule has 0 rings (SSSR count). The first-order valence-corrected chi connectivity index (χ1v) is 7.83. The SMILES string of the molecule is CC(N)C(=O)NC(C(=O)NC(C(=O)NCC(=O)O)C(C)C)C(C)C. The zero-order valence-electron chi connectivity index (χ0n) is 14.8.